The molecule has 0 bridgehead atoms. The molecule has 1 aromatic heterocycles. The van der Waals surface area contributed by atoms with E-state index < -0.39 is 0 Å². The van der Waals surface area contributed by atoms with E-state index in [0.717, 1.165) is 51.5 Å². The van der Waals surface area contributed by atoms with Crippen LogP contribution in [0.3, 0.4) is 0 Å². The number of nitrogens with zero attached hydrogens (tertiary/aromatic N) is 3. The number of anilines is 1. The third-order valence-corrected chi connectivity index (χ3v) is 4.20. The number of ether oxygens (including phenoxy) is 1. The van der Waals surface area contributed by atoms with Crippen molar-refractivity contribution in [3.05, 3.63) is 11.3 Å². The van der Waals surface area contributed by atoms with Crippen molar-refractivity contribution in [3.63, 3.8) is 0 Å². The molecule has 3 N–H and O–H groups in total. The Morgan fingerprint density at radius 3 is 2.80 bits per heavy atom. The molecule has 3 heterocycles. The number of rotatable bonds is 2. The summed E-state index contributed by atoms with van der Waals surface area (Å²) in [6, 6.07) is 0.441. The van der Waals surface area contributed by atoms with Crippen molar-refractivity contribution in [3.8, 4) is 0 Å². The average Bonchev–Trinajstić information content (AvgIpc) is 3.07. The van der Waals surface area contributed by atoms with E-state index in [0.29, 0.717) is 17.4 Å². The zero-order valence-corrected chi connectivity index (χ0v) is 11.8. The fourth-order valence-corrected chi connectivity index (χ4v) is 3.04. The molecule has 0 aromatic carbocycles. The van der Waals surface area contributed by atoms with Crippen LogP contribution in [-0.2, 0) is 4.74 Å². The van der Waals surface area contributed by atoms with Gasteiger partial charge in [0.25, 0.3) is 5.91 Å². The van der Waals surface area contributed by atoms with E-state index in [1.807, 2.05) is 11.8 Å². The molecular weight excluding hydrogens is 258 g/mol. The highest BCUT2D eigenvalue weighted by molar-refractivity contribution is 5.99. The van der Waals surface area contributed by atoms with Gasteiger partial charge in [0, 0.05) is 37.9 Å². The van der Waals surface area contributed by atoms with E-state index >= 15 is 0 Å². The SMILES string of the molecule is Cc1[nH]nc(N)c1C(=O)N1CCC(N2CCOCC2)C1. The molecule has 1 aromatic rings. The summed E-state index contributed by atoms with van der Waals surface area (Å²) in [6.07, 6.45) is 1.02. The molecule has 1 atom stereocenters. The number of H-pyrrole nitrogens is 1. The summed E-state index contributed by atoms with van der Waals surface area (Å²) >= 11 is 0. The zero-order valence-electron chi connectivity index (χ0n) is 11.8. The van der Waals surface area contributed by atoms with Crippen molar-refractivity contribution in [2.75, 3.05) is 45.1 Å². The van der Waals surface area contributed by atoms with Crippen molar-refractivity contribution in [1.82, 2.24) is 20.0 Å². The third-order valence-electron chi connectivity index (χ3n) is 4.20. The van der Waals surface area contributed by atoms with Gasteiger partial charge in [-0.05, 0) is 13.3 Å². The normalized spacial score (nSPS) is 24.2. The van der Waals surface area contributed by atoms with Crippen molar-refractivity contribution in [2.45, 2.75) is 19.4 Å². The van der Waals surface area contributed by atoms with E-state index in [9.17, 15) is 4.79 Å². The number of carbonyl (C=O) groups is 1. The molecular formula is C13H21N5O2. The summed E-state index contributed by atoms with van der Waals surface area (Å²) in [5, 5.41) is 6.66. The Morgan fingerprint density at radius 1 is 1.40 bits per heavy atom. The molecule has 1 amide bonds. The van der Waals surface area contributed by atoms with Crippen LogP contribution in [0.1, 0.15) is 22.5 Å². The number of aromatic nitrogens is 2. The van der Waals surface area contributed by atoms with Crippen LogP contribution in [0.25, 0.3) is 0 Å². The Labute approximate surface area is 118 Å². The van der Waals surface area contributed by atoms with Gasteiger partial charge in [-0.1, -0.05) is 0 Å². The molecule has 2 aliphatic rings. The number of nitrogens with one attached hydrogen (secondary N) is 1. The van der Waals surface area contributed by atoms with Crippen molar-refractivity contribution < 1.29 is 9.53 Å². The first-order valence-electron chi connectivity index (χ1n) is 7.08. The molecule has 2 aliphatic heterocycles. The molecule has 2 saturated heterocycles. The van der Waals surface area contributed by atoms with Crippen LogP contribution < -0.4 is 5.73 Å². The predicted octanol–water partition coefficient (Wildman–Crippen LogP) is -0.153. The molecule has 7 nitrogen and oxygen atoms in total. The maximum absolute atomic E-state index is 12.5. The molecule has 2 fully saturated rings. The Kier molecular flexibility index (Phi) is 3.62. The number of nitrogens with two attached hydrogens (primary N) is 1. The van der Waals surface area contributed by atoms with Gasteiger partial charge >= 0.3 is 0 Å². The molecule has 0 radical (unpaired) electrons. The predicted molar refractivity (Wildman–Crippen MR) is 74.4 cm³/mol. The summed E-state index contributed by atoms with van der Waals surface area (Å²) in [5.41, 5.74) is 7.03. The Hall–Kier alpha value is -1.60. The number of aromatic amines is 1. The van der Waals surface area contributed by atoms with Crippen molar-refractivity contribution >= 4 is 11.7 Å². The summed E-state index contributed by atoms with van der Waals surface area (Å²) in [7, 11) is 0. The quantitative estimate of drug-likeness (QED) is 0.786. The van der Waals surface area contributed by atoms with Gasteiger partial charge in [-0.25, -0.2) is 0 Å². The maximum Gasteiger partial charge on any atom is 0.259 e. The van der Waals surface area contributed by atoms with Crippen LogP contribution in [-0.4, -0.2) is 71.3 Å². The molecule has 0 saturated carbocycles. The number of amides is 1. The Morgan fingerprint density at radius 2 is 2.15 bits per heavy atom. The maximum atomic E-state index is 12.5. The molecule has 20 heavy (non-hydrogen) atoms. The number of hydrogen-bond donors (Lipinski definition) is 2. The molecule has 3 rings (SSSR count). The van der Waals surface area contributed by atoms with Crippen LogP contribution in [0, 0.1) is 6.92 Å². The van der Waals surface area contributed by atoms with E-state index in [2.05, 4.69) is 15.1 Å². The van der Waals surface area contributed by atoms with E-state index in [4.69, 9.17) is 10.5 Å². The average molecular weight is 279 g/mol. The number of hydrogen-bond acceptors (Lipinski definition) is 5. The summed E-state index contributed by atoms with van der Waals surface area (Å²) < 4.78 is 5.37. The van der Waals surface area contributed by atoms with Crippen molar-refractivity contribution in [1.29, 1.82) is 0 Å². The second kappa shape index (κ2) is 5.41. The number of nitrogen functional groups attached to an aromatic ring is 1. The van der Waals surface area contributed by atoms with Gasteiger partial charge < -0.3 is 15.4 Å². The van der Waals surface area contributed by atoms with Crippen LogP contribution in [0.15, 0.2) is 0 Å². The number of likely N-dealkylation sites (tertiary alicyclic amines) is 1. The second-order valence-electron chi connectivity index (χ2n) is 5.45. The number of carbonyl (C=O) groups excluding carboxylic acids is 1. The molecule has 1 unspecified atom stereocenters. The lowest BCUT2D eigenvalue weighted by atomic mass is 10.2. The third kappa shape index (κ3) is 2.38. The number of morpholine rings is 1. The highest BCUT2D eigenvalue weighted by Crippen LogP contribution is 2.22. The minimum absolute atomic E-state index is 0.00971. The van der Waals surface area contributed by atoms with Crippen LogP contribution in [0.2, 0.25) is 0 Å². The first-order valence-corrected chi connectivity index (χ1v) is 7.08. The highest BCUT2D eigenvalue weighted by atomic mass is 16.5. The van der Waals surface area contributed by atoms with Gasteiger partial charge in [0.2, 0.25) is 0 Å². The fourth-order valence-electron chi connectivity index (χ4n) is 3.04. The van der Waals surface area contributed by atoms with Gasteiger partial charge in [0.05, 0.1) is 13.2 Å². The van der Waals surface area contributed by atoms with Crippen LogP contribution in [0.4, 0.5) is 5.82 Å². The number of aryl methyl sites for hydroxylation is 1. The van der Waals surface area contributed by atoms with E-state index in [1.165, 1.54) is 0 Å². The van der Waals surface area contributed by atoms with Crippen LogP contribution >= 0.6 is 0 Å². The second-order valence-corrected chi connectivity index (χ2v) is 5.45. The Bertz CT molecular complexity index is 475. The standard InChI is InChI=1S/C13H21N5O2/c1-9-11(12(14)16-15-9)13(19)18-3-2-10(8-18)17-4-6-20-7-5-17/h10H,2-8H2,1H3,(H3,14,15,16). The van der Waals surface area contributed by atoms with Gasteiger partial charge in [-0.2, -0.15) is 5.10 Å². The zero-order chi connectivity index (χ0) is 14.1. The van der Waals surface area contributed by atoms with Gasteiger partial charge in [0.1, 0.15) is 5.56 Å². The smallest absolute Gasteiger partial charge is 0.259 e. The van der Waals surface area contributed by atoms with Gasteiger partial charge in [-0.3, -0.25) is 14.8 Å². The van der Waals surface area contributed by atoms with Gasteiger partial charge in [0.15, 0.2) is 5.82 Å². The summed E-state index contributed by atoms with van der Waals surface area (Å²) in [6.45, 7) is 6.87. The molecule has 0 spiro atoms. The monoisotopic (exact) mass is 279 g/mol. The lowest BCUT2D eigenvalue weighted by Crippen LogP contribution is -2.45. The van der Waals surface area contributed by atoms with Crippen molar-refractivity contribution in [2.24, 2.45) is 0 Å². The topological polar surface area (TPSA) is 87.5 Å². The minimum Gasteiger partial charge on any atom is -0.382 e. The van der Waals surface area contributed by atoms with Crippen LogP contribution in [0.5, 0.6) is 0 Å². The largest absolute Gasteiger partial charge is 0.382 e. The van der Waals surface area contributed by atoms with E-state index in [1.54, 1.807) is 0 Å². The highest BCUT2D eigenvalue weighted by Gasteiger charge is 2.33. The lowest BCUT2D eigenvalue weighted by Gasteiger charge is -2.32. The molecule has 110 valence electrons. The first-order chi connectivity index (χ1) is 9.66. The summed E-state index contributed by atoms with van der Waals surface area (Å²) in [5.74, 6) is 0.284. The summed E-state index contributed by atoms with van der Waals surface area (Å²) in [4.78, 5) is 16.8. The van der Waals surface area contributed by atoms with Gasteiger partial charge in [-0.15, -0.1) is 0 Å². The first kappa shape index (κ1) is 13.4. The lowest BCUT2D eigenvalue weighted by molar-refractivity contribution is 0.0185. The van der Waals surface area contributed by atoms with E-state index in [-0.39, 0.29) is 5.91 Å². The minimum atomic E-state index is -0.00971. The molecule has 7 heteroatoms. The molecule has 0 aliphatic carbocycles. The Balaban J connectivity index is 1.66. The fraction of sp³-hybridized carbons (Fsp3) is 0.692.